The van der Waals surface area contributed by atoms with Crippen molar-refractivity contribution in [2.24, 2.45) is 5.73 Å². The molecule has 2 rings (SSSR count). The highest BCUT2D eigenvalue weighted by Gasteiger charge is 2.13. The van der Waals surface area contributed by atoms with Crippen LogP contribution in [0.25, 0.3) is 5.69 Å². The standard InChI is InChI=1S/C13H16Cl2N4/c1-2-3-4-13-12(8-16)17-18-19(13)9-5-6-10(14)11(15)7-9/h5-7H,2-4,8,16H2,1H3. The molecular formula is C13H16Cl2N4. The summed E-state index contributed by atoms with van der Waals surface area (Å²) in [5.74, 6) is 0. The summed E-state index contributed by atoms with van der Waals surface area (Å²) in [5.41, 5.74) is 8.44. The van der Waals surface area contributed by atoms with Crippen LogP contribution in [0.4, 0.5) is 0 Å². The third-order valence-electron chi connectivity index (χ3n) is 2.95. The minimum Gasteiger partial charge on any atom is -0.325 e. The lowest BCUT2D eigenvalue weighted by atomic mass is 10.1. The number of hydrogen-bond donors (Lipinski definition) is 1. The molecule has 0 aliphatic carbocycles. The molecule has 1 aromatic carbocycles. The van der Waals surface area contributed by atoms with E-state index in [4.69, 9.17) is 28.9 Å². The van der Waals surface area contributed by atoms with Gasteiger partial charge in [0.2, 0.25) is 0 Å². The predicted molar refractivity (Wildman–Crippen MR) is 77.9 cm³/mol. The van der Waals surface area contributed by atoms with Crippen molar-refractivity contribution >= 4 is 23.2 Å². The monoisotopic (exact) mass is 298 g/mol. The maximum Gasteiger partial charge on any atom is 0.0999 e. The van der Waals surface area contributed by atoms with Gasteiger partial charge in [-0.15, -0.1) is 5.10 Å². The van der Waals surface area contributed by atoms with Crippen LogP contribution in [-0.2, 0) is 13.0 Å². The number of rotatable bonds is 5. The summed E-state index contributed by atoms with van der Waals surface area (Å²) >= 11 is 12.0. The fourth-order valence-corrected chi connectivity index (χ4v) is 2.20. The fourth-order valence-electron chi connectivity index (χ4n) is 1.91. The molecule has 1 aromatic heterocycles. The van der Waals surface area contributed by atoms with Gasteiger partial charge < -0.3 is 5.73 Å². The number of benzene rings is 1. The Hall–Kier alpha value is -1.10. The number of halogens is 2. The molecule has 2 aromatic rings. The zero-order valence-corrected chi connectivity index (χ0v) is 12.2. The molecule has 0 saturated heterocycles. The van der Waals surface area contributed by atoms with E-state index in [2.05, 4.69) is 17.2 Å². The van der Waals surface area contributed by atoms with Crippen molar-refractivity contribution < 1.29 is 0 Å². The lowest BCUT2D eigenvalue weighted by Crippen LogP contribution is -2.06. The van der Waals surface area contributed by atoms with Crippen molar-refractivity contribution in [1.29, 1.82) is 0 Å². The van der Waals surface area contributed by atoms with Gasteiger partial charge in [0.15, 0.2) is 0 Å². The minimum absolute atomic E-state index is 0.389. The Kier molecular flexibility index (Phi) is 4.80. The minimum atomic E-state index is 0.389. The van der Waals surface area contributed by atoms with E-state index in [1.165, 1.54) is 0 Å². The summed E-state index contributed by atoms with van der Waals surface area (Å²) in [5, 5.41) is 9.33. The van der Waals surface area contributed by atoms with Gasteiger partial charge in [-0.2, -0.15) is 0 Å². The molecule has 0 fully saturated rings. The molecule has 0 aliphatic rings. The van der Waals surface area contributed by atoms with Crippen LogP contribution < -0.4 is 5.73 Å². The van der Waals surface area contributed by atoms with E-state index in [9.17, 15) is 0 Å². The van der Waals surface area contributed by atoms with E-state index in [0.29, 0.717) is 16.6 Å². The molecule has 0 atom stereocenters. The summed E-state index contributed by atoms with van der Waals surface area (Å²) in [6.45, 7) is 2.54. The highest BCUT2D eigenvalue weighted by Crippen LogP contribution is 2.25. The molecule has 2 N–H and O–H groups in total. The summed E-state index contributed by atoms with van der Waals surface area (Å²) < 4.78 is 1.79. The van der Waals surface area contributed by atoms with Gasteiger partial charge in [0.05, 0.1) is 27.1 Å². The van der Waals surface area contributed by atoms with Gasteiger partial charge >= 0.3 is 0 Å². The van der Waals surface area contributed by atoms with E-state index in [0.717, 1.165) is 36.3 Å². The first-order chi connectivity index (χ1) is 9.17. The molecule has 0 aliphatic heterocycles. The van der Waals surface area contributed by atoms with Gasteiger partial charge in [-0.1, -0.05) is 41.8 Å². The number of aromatic nitrogens is 3. The second-order valence-electron chi connectivity index (χ2n) is 4.30. The van der Waals surface area contributed by atoms with Gasteiger partial charge in [0.1, 0.15) is 0 Å². The number of nitrogens with zero attached hydrogens (tertiary/aromatic N) is 3. The Morgan fingerprint density at radius 2 is 2.05 bits per heavy atom. The second-order valence-corrected chi connectivity index (χ2v) is 5.12. The smallest absolute Gasteiger partial charge is 0.0999 e. The molecule has 4 nitrogen and oxygen atoms in total. The van der Waals surface area contributed by atoms with Gasteiger partial charge in [-0.25, -0.2) is 4.68 Å². The second kappa shape index (κ2) is 6.37. The Morgan fingerprint density at radius 3 is 2.68 bits per heavy atom. The van der Waals surface area contributed by atoms with Gasteiger partial charge in [0.25, 0.3) is 0 Å². The third kappa shape index (κ3) is 3.08. The molecule has 0 bridgehead atoms. The maximum atomic E-state index is 6.04. The van der Waals surface area contributed by atoms with Gasteiger partial charge in [0, 0.05) is 6.54 Å². The summed E-state index contributed by atoms with van der Waals surface area (Å²) in [6, 6.07) is 5.42. The van der Waals surface area contributed by atoms with Crippen molar-refractivity contribution in [1.82, 2.24) is 15.0 Å². The van der Waals surface area contributed by atoms with E-state index >= 15 is 0 Å². The molecular weight excluding hydrogens is 283 g/mol. The van der Waals surface area contributed by atoms with Crippen LogP contribution in [0.1, 0.15) is 31.2 Å². The first-order valence-electron chi connectivity index (χ1n) is 6.26. The van der Waals surface area contributed by atoms with E-state index < -0.39 is 0 Å². The number of unbranched alkanes of at least 4 members (excludes halogenated alkanes) is 1. The summed E-state index contributed by atoms with van der Waals surface area (Å²) in [7, 11) is 0. The van der Waals surface area contributed by atoms with Crippen LogP contribution >= 0.6 is 23.2 Å². The fraction of sp³-hybridized carbons (Fsp3) is 0.385. The van der Waals surface area contributed by atoms with Crippen LogP contribution in [0.3, 0.4) is 0 Å². The first-order valence-corrected chi connectivity index (χ1v) is 7.02. The molecule has 0 saturated carbocycles. The maximum absolute atomic E-state index is 6.04. The van der Waals surface area contributed by atoms with Crippen molar-refractivity contribution in [2.75, 3.05) is 0 Å². The van der Waals surface area contributed by atoms with Crippen molar-refractivity contribution in [2.45, 2.75) is 32.7 Å². The lowest BCUT2D eigenvalue weighted by molar-refractivity contribution is 0.714. The Morgan fingerprint density at radius 1 is 1.26 bits per heavy atom. The van der Waals surface area contributed by atoms with Gasteiger partial charge in [-0.05, 0) is 31.0 Å². The molecule has 1 heterocycles. The van der Waals surface area contributed by atoms with Crippen LogP contribution in [-0.4, -0.2) is 15.0 Å². The van der Waals surface area contributed by atoms with Crippen molar-refractivity contribution in [3.63, 3.8) is 0 Å². The molecule has 0 unspecified atom stereocenters. The van der Waals surface area contributed by atoms with Crippen LogP contribution in [0.2, 0.25) is 10.0 Å². The Balaban J connectivity index is 2.42. The van der Waals surface area contributed by atoms with Gasteiger partial charge in [-0.3, -0.25) is 0 Å². The molecule has 0 spiro atoms. The highest BCUT2D eigenvalue weighted by atomic mass is 35.5. The van der Waals surface area contributed by atoms with E-state index in [1.54, 1.807) is 16.8 Å². The molecule has 19 heavy (non-hydrogen) atoms. The number of hydrogen-bond acceptors (Lipinski definition) is 3. The van der Waals surface area contributed by atoms with Crippen LogP contribution in [0, 0.1) is 0 Å². The zero-order valence-electron chi connectivity index (χ0n) is 10.7. The SMILES string of the molecule is CCCCc1c(CN)nnn1-c1ccc(Cl)c(Cl)c1. The average molecular weight is 299 g/mol. The predicted octanol–water partition coefficient (Wildman–Crippen LogP) is 3.38. The normalized spacial score (nSPS) is 10.9. The lowest BCUT2D eigenvalue weighted by Gasteiger charge is -2.08. The van der Waals surface area contributed by atoms with E-state index in [-0.39, 0.29) is 0 Å². The summed E-state index contributed by atoms with van der Waals surface area (Å²) in [6.07, 6.45) is 3.08. The zero-order chi connectivity index (χ0) is 13.8. The van der Waals surface area contributed by atoms with Crippen LogP contribution in [0.5, 0.6) is 0 Å². The third-order valence-corrected chi connectivity index (χ3v) is 3.69. The Labute approximate surface area is 122 Å². The largest absolute Gasteiger partial charge is 0.325 e. The van der Waals surface area contributed by atoms with Crippen molar-refractivity contribution in [3.8, 4) is 5.69 Å². The Bertz CT molecular complexity index is 566. The summed E-state index contributed by atoms with van der Waals surface area (Å²) in [4.78, 5) is 0. The molecule has 0 amide bonds. The topological polar surface area (TPSA) is 56.7 Å². The van der Waals surface area contributed by atoms with E-state index in [1.807, 2.05) is 6.07 Å². The number of nitrogens with two attached hydrogens (primary N) is 1. The first kappa shape index (κ1) is 14.3. The van der Waals surface area contributed by atoms with Crippen molar-refractivity contribution in [3.05, 3.63) is 39.6 Å². The van der Waals surface area contributed by atoms with Crippen LogP contribution in [0.15, 0.2) is 18.2 Å². The molecule has 6 heteroatoms. The highest BCUT2D eigenvalue weighted by molar-refractivity contribution is 6.42. The molecule has 0 radical (unpaired) electrons. The molecule has 102 valence electrons. The quantitative estimate of drug-likeness (QED) is 0.921. The average Bonchev–Trinajstić information content (AvgIpc) is 2.82.